The number of benzene rings is 1. The normalized spacial score (nSPS) is 10.8. The molecule has 1 aromatic carbocycles. The Kier molecular flexibility index (Phi) is 5.64. The molecule has 2 nitrogen and oxygen atoms in total. The molecule has 0 spiro atoms. The van der Waals surface area contributed by atoms with Gasteiger partial charge in [0.05, 0.1) is 0 Å². The topological polar surface area (TPSA) is 12.5 Å². The maximum absolute atomic E-state index is 6.12. The SMILES string of the molecule is CCc1c(Cl)cccc1OCN(CC)CC. The largest absolute Gasteiger partial charge is 0.478 e. The first kappa shape index (κ1) is 13.3. The molecule has 0 heterocycles. The van der Waals surface area contributed by atoms with Crippen LogP contribution in [0.3, 0.4) is 0 Å². The van der Waals surface area contributed by atoms with E-state index < -0.39 is 0 Å². The lowest BCUT2D eigenvalue weighted by Gasteiger charge is -2.20. The maximum atomic E-state index is 6.12. The zero-order valence-corrected chi connectivity index (χ0v) is 11.0. The zero-order chi connectivity index (χ0) is 12.0. The van der Waals surface area contributed by atoms with Gasteiger partial charge in [-0.2, -0.15) is 0 Å². The molecule has 0 N–H and O–H groups in total. The molecule has 0 aliphatic rings. The van der Waals surface area contributed by atoms with Crippen molar-refractivity contribution in [2.45, 2.75) is 27.2 Å². The third-order valence-corrected chi connectivity index (χ3v) is 3.08. The second kappa shape index (κ2) is 6.77. The van der Waals surface area contributed by atoms with Crippen LogP contribution in [-0.2, 0) is 6.42 Å². The van der Waals surface area contributed by atoms with Gasteiger partial charge in [0.2, 0.25) is 0 Å². The van der Waals surface area contributed by atoms with Gasteiger partial charge in [0.25, 0.3) is 0 Å². The van der Waals surface area contributed by atoms with Crippen LogP contribution in [0.1, 0.15) is 26.3 Å². The number of nitrogens with zero attached hydrogens (tertiary/aromatic N) is 1. The Morgan fingerprint density at radius 2 is 1.88 bits per heavy atom. The van der Waals surface area contributed by atoms with Crippen molar-refractivity contribution in [1.29, 1.82) is 0 Å². The Morgan fingerprint density at radius 3 is 2.44 bits per heavy atom. The predicted octanol–water partition coefficient (Wildman–Crippen LogP) is 3.58. The first-order valence-corrected chi connectivity index (χ1v) is 6.23. The molecule has 0 saturated carbocycles. The second-order valence-electron chi connectivity index (χ2n) is 3.65. The van der Waals surface area contributed by atoms with Crippen molar-refractivity contribution in [3.63, 3.8) is 0 Å². The summed E-state index contributed by atoms with van der Waals surface area (Å²) < 4.78 is 5.79. The Hall–Kier alpha value is -0.730. The summed E-state index contributed by atoms with van der Waals surface area (Å²) in [6, 6.07) is 5.82. The van der Waals surface area contributed by atoms with Crippen molar-refractivity contribution in [3.8, 4) is 5.75 Å². The molecule has 0 aliphatic heterocycles. The minimum atomic E-state index is 0.625. The standard InChI is InChI=1S/C13H20ClNO/c1-4-11-12(14)8-7-9-13(11)16-10-15(5-2)6-3/h7-9H,4-6,10H2,1-3H3. The number of hydrogen-bond donors (Lipinski definition) is 0. The molecular formula is C13H20ClNO. The van der Waals surface area contributed by atoms with Crippen LogP contribution in [0.4, 0.5) is 0 Å². The molecule has 0 aromatic heterocycles. The molecule has 1 rings (SSSR count). The highest BCUT2D eigenvalue weighted by atomic mass is 35.5. The van der Waals surface area contributed by atoms with E-state index in [9.17, 15) is 0 Å². The summed E-state index contributed by atoms with van der Waals surface area (Å²) in [6.45, 7) is 8.97. The van der Waals surface area contributed by atoms with E-state index in [0.717, 1.165) is 35.8 Å². The molecule has 0 aliphatic carbocycles. The summed E-state index contributed by atoms with van der Waals surface area (Å²) in [5.74, 6) is 0.905. The van der Waals surface area contributed by atoms with Gasteiger partial charge in [-0.25, -0.2) is 0 Å². The fraction of sp³-hybridized carbons (Fsp3) is 0.538. The quantitative estimate of drug-likeness (QED) is 0.706. The average Bonchev–Trinajstić information content (AvgIpc) is 2.30. The highest BCUT2D eigenvalue weighted by Gasteiger charge is 2.07. The monoisotopic (exact) mass is 241 g/mol. The van der Waals surface area contributed by atoms with Gasteiger partial charge >= 0.3 is 0 Å². The fourth-order valence-electron chi connectivity index (χ4n) is 1.58. The predicted molar refractivity (Wildman–Crippen MR) is 69.2 cm³/mol. The smallest absolute Gasteiger partial charge is 0.142 e. The molecular weight excluding hydrogens is 222 g/mol. The molecule has 0 radical (unpaired) electrons. The van der Waals surface area contributed by atoms with Crippen LogP contribution in [0, 0.1) is 0 Å². The van der Waals surface area contributed by atoms with Gasteiger partial charge in [0.15, 0.2) is 0 Å². The van der Waals surface area contributed by atoms with E-state index in [-0.39, 0.29) is 0 Å². The van der Waals surface area contributed by atoms with Crippen LogP contribution < -0.4 is 4.74 Å². The summed E-state index contributed by atoms with van der Waals surface area (Å²) in [7, 11) is 0. The minimum Gasteiger partial charge on any atom is -0.478 e. The van der Waals surface area contributed by atoms with Gasteiger partial charge < -0.3 is 4.74 Å². The number of halogens is 1. The van der Waals surface area contributed by atoms with Gasteiger partial charge in [-0.1, -0.05) is 38.4 Å². The summed E-state index contributed by atoms with van der Waals surface area (Å²) in [5.41, 5.74) is 1.09. The summed E-state index contributed by atoms with van der Waals surface area (Å²) >= 11 is 6.12. The van der Waals surface area contributed by atoms with Crippen LogP contribution in [-0.4, -0.2) is 24.7 Å². The van der Waals surface area contributed by atoms with Crippen LogP contribution in [0.25, 0.3) is 0 Å². The van der Waals surface area contributed by atoms with E-state index >= 15 is 0 Å². The Bertz CT molecular complexity index is 324. The van der Waals surface area contributed by atoms with Crippen LogP contribution >= 0.6 is 11.6 Å². The van der Waals surface area contributed by atoms with Crippen molar-refractivity contribution < 1.29 is 4.74 Å². The van der Waals surface area contributed by atoms with Gasteiger partial charge in [0.1, 0.15) is 12.5 Å². The van der Waals surface area contributed by atoms with Crippen molar-refractivity contribution in [1.82, 2.24) is 4.90 Å². The third kappa shape index (κ3) is 3.39. The van der Waals surface area contributed by atoms with Crippen molar-refractivity contribution >= 4 is 11.6 Å². The van der Waals surface area contributed by atoms with Crippen LogP contribution in [0.2, 0.25) is 5.02 Å². The first-order valence-electron chi connectivity index (χ1n) is 5.85. The van der Waals surface area contributed by atoms with Crippen molar-refractivity contribution in [3.05, 3.63) is 28.8 Å². The van der Waals surface area contributed by atoms with Gasteiger partial charge in [-0.05, 0) is 31.6 Å². The van der Waals surface area contributed by atoms with Crippen LogP contribution in [0.15, 0.2) is 18.2 Å². The number of ether oxygens (including phenoxy) is 1. The highest BCUT2D eigenvalue weighted by Crippen LogP contribution is 2.26. The Labute approximate surface area is 103 Å². The summed E-state index contributed by atoms with van der Waals surface area (Å²) in [4.78, 5) is 2.22. The lowest BCUT2D eigenvalue weighted by molar-refractivity contribution is 0.136. The lowest BCUT2D eigenvalue weighted by atomic mass is 10.1. The second-order valence-corrected chi connectivity index (χ2v) is 4.05. The molecule has 90 valence electrons. The Balaban J connectivity index is 2.69. The molecule has 16 heavy (non-hydrogen) atoms. The highest BCUT2D eigenvalue weighted by molar-refractivity contribution is 6.31. The fourth-order valence-corrected chi connectivity index (χ4v) is 1.88. The molecule has 0 amide bonds. The average molecular weight is 242 g/mol. The number of hydrogen-bond acceptors (Lipinski definition) is 2. The van der Waals surface area contributed by atoms with E-state index in [4.69, 9.17) is 16.3 Å². The van der Waals surface area contributed by atoms with E-state index in [1.165, 1.54) is 0 Å². The minimum absolute atomic E-state index is 0.625. The molecule has 1 aromatic rings. The van der Waals surface area contributed by atoms with E-state index in [1.54, 1.807) is 0 Å². The van der Waals surface area contributed by atoms with Gasteiger partial charge in [-0.15, -0.1) is 0 Å². The van der Waals surface area contributed by atoms with E-state index in [2.05, 4.69) is 25.7 Å². The van der Waals surface area contributed by atoms with Gasteiger partial charge in [0, 0.05) is 10.6 Å². The van der Waals surface area contributed by atoms with Crippen LogP contribution in [0.5, 0.6) is 5.75 Å². The summed E-state index contributed by atoms with van der Waals surface area (Å²) in [5, 5.41) is 0.791. The molecule has 0 fully saturated rings. The van der Waals surface area contributed by atoms with Crippen molar-refractivity contribution in [2.24, 2.45) is 0 Å². The molecule has 0 atom stereocenters. The molecule has 0 unspecified atom stereocenters. The molecule has 0 saturated heterocycles. The maximum Gasteiger partial charge on any atom is 0.142 e. The van der Waals surface area contributed by atoms with E-state index in [1.807, 2.05) is 18.2 Å². The Morgan fingerprint density at radius 1 is 1.19 bits per heavy atom. The summed E-state index contributed by atoms with van der Waals surface area (Å²) in [6.07, 6.45) is 0.896. The third-order valence-electron chi connectivity index (χ3n) is 2.73. The zero-order valence-electron chi connectivity index (χ0n) is 10.3. The number of rotatable bonds is 6. The lowest BCUT2D eigenvalue weighted by Crippen LogP contribution is -2.27. The van der Waals surface area contributed by atoms with E-state index in [0.29, 0.717) is 6.73 Å². The molecule has 0 bridgehead atoms. The molecule has 3 heteroatoms. The van der Waals surface area contributed by atoms with Gasteiger partial charge in [-0.3, -0.25) is 4.90 Å². The van der Waals surface area contributed by atoms with Crippen molar-refractivity contribution in [2.75, 3.05) is 19.8 Å². The first-order chi connectivity index (χ1) is 7.72.